The lowest BCUT2D eigenvalue weighted by molar-refractivity contribution is 0.0696. The third-order valence-electron chi connectivity index (χ3n) is 8.53. The fraction of sp³-hybridized carbons (Fsp3) is 0.400. The normalized spacial score (nSPS) is 21.0. The number of carbonyl (C=O) groups is 1. The molecule has 1 aliphatic heterocycles. The minimum Gasteiger partial charge on any atom is -0.494 e. The molecule has 0 N–H and O–H groups in total. The number of hydrogen-bond donors (Lipinski definition) is 0. The summed E-state index contributed by atoms with van der Waals surface area (Å²) in [6, 6.07) is 16.9. The Morgan fingerprint density at radius 3 is 2.61 bits per heavy atom. The van der Waals surface area contributed by atoms with Crippen molar-refractivity contribution in [3.05, 3.63) is 71.5 Å². The maximum atomic E-state index is 13.6. The summed E-state index contributed by atoms with van der Waals surface area (Å²) in [7, 11) is 3.70. The molecule has 3 heterocycles. The number of amides is 1. The molecule has 2 bridgehead atoms. The first-order valence-electron chi connectivity index (χ1n) is 13.1. The van der Waals surface area contributed by atoms with Crippen LogP contribution in [0.3, 0.4) is 0 Å². The van der Waals surface area contributed by atoms with Crippen LogP contribution in [0.4, 0.5) is 0 Å². The quantitative estimate of drug-likeness (QED) is 0.363. The van der Waals surface area contributed by atoms with Crippen LogP contribution in [0.1, 0.15) is 48.3 Å². The molecule has 2 aromatic carbocycles. The lowest BCUT2D eigenvalue weighted by Crippen LogP contribution is -2.38. The van der Waals surface area contributed by atoms with Crippen molar-refractivity contribution in [1.82, 2.24) is 19.0 Å². The van der Waals surface area contributed by atoms with E-state index in [0.29, 0.717) is 29.2 Å². The third-order valence-corrected chi connectivity index (χ3v) is 8.53. The van der Waals surface area contributed by atoms with E-state index < -0.39 is 0 Å². The molecule has 0 unspecified atom stereocenters. The van der Waals surface area contributed by atoms with Crippen LogP contribution in [-0.2, 0) is 20.0 Å². The topological polar surface area (TPSA) is 52.3 Å². The van der Waals surface area contributed by atoms with Crippen molar-refractivity contribution in [3.63, 3.8) is 0 Å². The van der Waals surface area contributed by atoms with Gasteiger partial charge in [-0.05, 0) is 54.9 Å². The zero-order chi connectivity index (χ0) is 25.0. The molecule has 6 heteroatoms. The maximum Gasteiger partial charge on any atom is 0.254 e. The highest BCUT2D eigenvalue weighted by Gasteiger charge is 2.46. The second-order valence-electron chi connectivity index (χ2n) is 10.4. The highest BCUT2D eigenvalue weighted by atomic mass is 16.5. The van der Waals surface area contributed by atoms with Gasteiger partial charge in [-0.1, -0.05) is 44.2 Å². The summed E-state index contributed by atoms with van der Waals surface area (Å²) in [4.78, 5) is 20.7. The first-order chi connectivity index (χ1) is 17.5. The van der Waals surface area contributed by atoms with Gasteiger partial charge >= 0.3 is 0 Å². The van der Waals surface area contributed by atoms with E-state index in [1.807, 2.05) is 25.2 Å². The Hall–Kier alpha value is -3.54. The van der Waals surface area contributed by atoms with Crippen molar-refractivity contribution < 1.29 is 9.53 Å². The van der Waals surface area contributed by atoms with Crippen molar-refractivity contribution in [2.75, 3.05) is 13.7 Å². The van der Waals surface area contributed by atoms with Gasteiger partial charge in [0.1, 0.15) is 17.1 Å². The van der Waals surface area contributed by atoms with Gasteiger partial charge < -0.3 is 18.8 Å². The van der Waals surface area contributed by atoms with Crippen LogP contribution in [0.15, 0.2) is 54.7 Å². The number of piperidine rings is 1. The van der Waals surface area contributed by atoms with Crippen molar-refractivity contribution >= 4 is 16.9 Å². The summed E-state index contributed by atoms with van der Waals surface area (Å²) in [6.45, 7) is 6.17. The Bertz CT molecular complexity index is 1430. The zero-order valence-corrected chi connectivity index (χ0v) is 21.6. The van der Waals surface area contributed by atoms with Crippen LogP contribution in [0.25, 0.3) is 22.4 Å². The number of methoxy groups -OCH3 is 1. The first-order valence-corrected chi connectivity index (χ1v) is 13.1. The van der Waals surface area contributed by atoms with Crippen molar-refractivity contribution in [2.45, 2.75) is 45.7 Å². The van der Waals surface area contributed by atoms with Crippen LogP contribution in [0.5, 0.6) is 5.75 Å². The minimum atomic E-state index is 0.102. The van der Waals surface area contributed by atoms with Gasteiger partial charge in [0.05, 0.1) is 12.6 Å². The SMILES string of the molecule is CCc1c(-c2nc3cc(C(=O)N4C[C@H]5CC[C@@H]4[C@@H]5C)cc(OC)c3n2C)ccn1Cc1ccccc1. The summed E-state index contributed by atoms with van der Waals surface area (Å²) in [5, 5.41) is 0. The highest BCUT2D eigenvalue weighted by molar-refractivity contribution is 6.00. The van der Waals surface area contributed by atoms with Gasteiger partial charge in [-0.2, -0.15) is 0 Å². The molecule has 1 saturated heterocycles. The molecule has 1 saturated carbocycles. The molecule has 4 aromatic rings. The number of fused-ring (bicyclic) bond motifs is 3. The average molecular weight is 483 g/mol. The molecule has 3 atom stereocenters. The average Bonchev–Trinajstić information content (AvgIpc) is 3.65. The number of ether oxygens (including phenoxy) is 1. The van der Waals surface area contributed by atoms with Gasteiger partial charge in [0.2, 0.25) is 0 Å². The second-order valence-corrected chi connectivity index (χ2v) is 10.4. The number of aromatic nitrogens is 3. The summed E-state index contributed by atoms with van der Waals surface area (Å²) in [6.07, 6.45) is 5.40. The van der Waals surface area contributed by atoms with E-state index in [0.717, 1.165) is 48.4 Å². The molecule has 2 aliphatic rings. The third kappa shape index (κ3) is 3.54. The summed E-state index contributed by atoms with van der Waals surface area (Å²) in [5.74, 6) is 2.92. The number of imidazole rings is 1. The molecule has 36 heavy (non-hydrogen) atoms. The number of carbonyl (C=O) groups excluding carboxylic acids is 1. The number of benzene rings is 2. The molecule has 186 valence electrons. The summed E-state index contributed by atoms with van der Waals surface area (Å²) in [5.41, 5.74) is 6.02. The van der Waals surface area contributed by atoms with Crippen LogP contribution in [0.2, 0.25) is 0 Å². The number of rotatable bonds is 6. The standard InChI is InChI=1S/C30H34N4O2/c1-5-25-23(13-14-33(25)17-20-9-7-6-8-10-20)29-31-24-15-22(16-27(36-4)28(24)32(29)3)30(35)34-18-21-11-12-26(34)19(21)2/h6-10,13-16,19,21,26H,5,11-12,17-18H2,1-4H3/t19-,21-,26-/m1/s1. The fourth-order valence-electron chi connectivity index (χ4n) is 6.57. The van der Waals surface area contributed by atoms with Gasteiger partial charge in [0.25, 0.3) is 5.91 Å². The maximum absolute atomic E-state index is 13.6. The van der Waals surface area contributed by atoms with Crippen LogP contribution in [-0.4, -0.2) is 44.6 Å². The van der Waals surface area contributed by atoms with Crippen molar-refractivity contribution in [2.24, 2.45) is 18.9 Å². The number of nitrogens with zero attached hydrogens (tertiary/aromatic N) is 4. The van der Waals surface area contributed by atoms with E-state index in [2.05, 4.69) is 64.4 Å². The molecule has 1 amide bonds. The van der Waals surface area contributed by atoms with E-state index in [1.54, 1.807) is 7.11 Å². The smallest absolute Gasteiger partial charge is 0.254 e. The molecule has 6 rings (SSSR count). The predicted molar refractivity (Wildman–Crippen MR) is 142 cm³/mol. The predicted octanol–water partition coefficient (Wildman–Crippen LogP) is 5.53. The lowest BCUT2D eigenvalue weighted by atomic mass is 10.0. The molecule has 0 spiro atoms. The second kappa shape index (κ2) is 8.84. The summed E-state index contributed by atoms with van der Waals surface area (Å²) >= 11 is 0. The molecule has 2 fully saturated rings. The number of aryl methyl sites for hydroxylation is 1. The zero-order valence-electron chi connectivity index (χ0n) is 21.6. The first kappa shape index (κ1) is 22.9. The van der Waals surface area contributed by atoms with Gasteiger partial charge in [-0.25, -0.2) is 4.98 Å². The molecule has 0 radical (unpaired) electrons. The van der Waals surface area contributed by atoms with E-state index in [9.17, 15) is 4.79 Å². The van der Waals surface area contributed by atoms with Gasteiger partial charge in [0.15, 0.2) is 0 Å². The fourth-order valence-corrected chi connectivity index (χ4v) is 6.57. The van der Waals surface area contributed by atoms with Crippen molar-refractivity contribution in [1.29, 1.82) is 0 Å². The minimum absolute atomic E-state index is 0.102. The number of likely N-dealkylation sites (tertiary alicyclic amines) is 1. The Labute approximate surface area is 212 Å². The summed E-state index contributed by atoms with van der Waals surface area (Å²) < 4.78 is 10.2. The van der Waals surface area contributed by atoms with Crippen molar-refractivity contribution in [3.8, 4) is 17.1 Å². The van der Waals surface area contributed by atoms with Crippen LogP contribution < -0.4 is 4.74 Å². The lowest BCUT2D eigenvalue weighted by Gasteiger charge is -2.27. The highest BCUT2D eigenvalue weighted by Crippen LogP contribution is 2.43. The Morgan fingerprint density at radius 1 is 1.14 bits per heavy atom. The molecule has 1 aliphatic carbocycles. The number of hydrogen-bond acceptors (Lipinski definition) is 3. The monoisotopic (exact) mass is 482 g/mol. The Balaban J connectivity index is 1.39. The van der Waals surface area contributed by atoms with E-state index in [1.165, 1.54) is 17.7 Å². The van der Waals surface area contributed by atoms with E-state index >= 15 is 0 Å². The Kier molecular flexibility index (Phi) is 5.62. The molecular weight excluding hydrogens is 448 g/mol. The van der Waals surface area contributed by atoms with Crippen LogP contribution in [0, 0.1) is 11.8 Å². The van der Waals surface area contributed by atoms with Gasteiger partial charge in [-0.15, -0.1) is 0 Å². The van der Waals surface area contributed by atoms with E-state index in [4.69, 9.17) is 9.72 Å². The molecular formula is C30H34N4O2. The molecule has 2 aromatic heterocycles. The largest absolute Gasteiger partial charge is 0.494 e. The van der Waals surface area contributed by atoms with Gasteiger partial charge in [0, 0.05) is 49.2 Å². The molecule has 6 nitrogen and oxygen atoms in total. The van der Waals surface area contributed by atoms with E-state index in [-0.39, 0.29) is 5.91 Å². The van der Waals surface area contributed by atoms with Crippen LogP contribution >= 0.6 is 0 Å². The Morgan fingerprint density at radius 2 is 1.94 bits per heavy atom. The van der Waals surface area contributed by atoms with Gasteiger partial charge in [-0.3, -0.25) is 4.79 Å².